The van der Waals surface area contributed by atoms with Crippen LogP contribution in [0.25, 0.3) is 22.4 Å². The zero-order valence-corrected chi connectivity index (χ0v) is 20.1. The van der Waals surface area contributed by atoms with Crippen LogP contribution in [0.2, 0.25) is 0 Å². The van der Waals surface area contributed by atoms with Crippen LogP contribution in [0.5, 0.6) is 11.8 Å². The first-order chi connectivity index (χ1) is 17.2. The highest BCUT2D eigenvalue weighted by Gasteiger charge is 2.14. The molecule has 0 spiro atoms. The maximum atomic E-state index is 5.92. The molecule has 0 aliphatic carbocycles. The number of nitrogens with one attached hydrogen (secondary N) is 1. The lowest BCUT2D eigenvalue weighted by atomic mass is 10.2. The van der Waals surface area contributed by atoms with Gasteiger partial charge >= 0.3 is 6.01 Å². The highest BCUT2D eigenvalue weighted by molar-refractivity contribution is 5.89. The summed E-state index contributed by atoms with van der Waals surface area (Å²) in [6, 6.07) is 15.5. The summed E-state index contributed by atoms with van der Waals surface area (Å²) in [6.07, 6.45) is 6.93. The number of imidazole rings is 1. The molecule has 178 valence electrons. The van der Waals surface area contributed by atoms with Crippen LogP contribution in [0.3, 0.4) is 0 Å². The molecule has 4 aromatic heterocycles. The van der Waals surface area contributed by atoms with Crippen LogP contribution in [-0.2, 0) is 13.7 Å². The molecule has 0 amide bonds. The summed E-state index contributed by atoms with van der Waals surface area (Å²) in [5.74, 6) is 1.33. The third-order valence-electron chi connectivity index (χ3n) is 5.07. The summed E-state index contributed by atoms with van der Waals surface area (Å²) in [6.45, 7) is 4.32. The van der Waals surface area contributed by atoms with Gasteiger partial charge < -0.3 is 19.4 Å². The number of hydrogen-bond donors (Lipinski definition) is 1. The average molecular weight is 470 g/mol. The van der Waals surface area contributed by atoms with Gasteiger partial charge in [-0.15, -0.1) is 0 Å². The maximum Gasteiger partial charge on any atom is 0.319 e. The minimum absolute atomic E-state index is 0.255. The van der Waals surface area contributed by atoms with E-state index in [1.807, 2.05) is 74.0 Å². The number of aryl methyl sites for hydroxylation is 1. The molecule has 5 rings (SSSR count). The van der Waals surface area contributed by atoms with Crippen molar-refractivity contribution < 1.29 is 9.47 Å². The van der Waals surface area contributed by atoms with E-state index in [0.717, 1.165) is 28.4 Å². The van der Waals surface area contributed by atoms with Crippen LogP contribution >= 0.6 is 0 Å². The minimum atomic E-state index is 0.255. The van der Waals surface area contributed by atoms with E-state index < -0.39 is 0 Å². The topological polar surface area (TPSA) is 99.9 Å². The Morgan fingerprint density at radius 1 is 0.886 bits per heavy atom. The molecule has 9 heteroatoms. The molecule has 1 aromatic carbocycles. The molecular weight excluding hydrogens is 442 g/mol. The van der Waals surface area contributed by atoms with Crippen molar-refractivity contribution in [2.45, 2.75) is 20.5 Å². The second-order valence-electron chi connectivity index (χ2n) is 7.31. The Morgan fingerprint density at radius 2 is 1.66 bits per heavy atom. The Labute approximate surface area is 203 Å². The van der Waals surface area contributed by atoms with Gasteiger partial charge in [0.05, 0.1) is 36.5 Å². The second-order valence-corrected chi connectivity index (χ2v) is 7.31. The van der Waals surface area contributed by atoms with E-state index in [9.17, 15) is 0 Å². The summed E-state index contributed by atoms with van der Waals surface area (Å²) >= 11 is 0. The molecule has 0 aliphatic heterocycles. The quantitative estimate of drug-likeness (QED) is 0.348. The predicted octanol–water partition coefficient (Wildman–Crippen LogP) is 5.18. The smallest absolute Gasteiger partial charge is 0.319 e. The van der Waals surface area contributed by atoms with E-state index in [-0.39, 0.29) is 6.01 Å². The number of fused-ring (bicyclic) bond motifs is 1. The molecule has 0 bridgehead atoms. The third-order valence-corrected chi connectivity index (χ3v) is 5.07. The van der Waals surface area contributed by atoms with Crippen molar-refractivity contribution in [2.24, 2.45) is 7.05 Å². The molecule has 0 atom stereocenters. The molecular formula is C26H27N7O2. The van der Waals surface area contributed by atoms with Gasteiger partial charge in [0.15, 0.2) is 5.82 Å². The standard InChI is InChI=1S/C24H21N7O2.C2H6/c1-31-15-26-13-21(31)19-7-8-20-22(28-19)23(27-17-9-11-25-12-10-17)30-24(29-20)33-14-16-3-5-18(32-2)6-4-16;1-2/h3-13,15H,14H2,1-2H3,(H,25,27,29,30);1-2H3. The number of pyridine rings is 2. The zero-order valence-electron chi connectivity index (χ0n) is 20.1. The van der Waals surface area contributed by atoms with Crippen molar-refractivity contribution >= 4 is 22.5 Å². The highest BCUT2D eigenvalue weighted by Crippen LogP contribution is 2.27. The van der Waals surface area contributed by atoms with Crippen molar-refractivity contribution in [3.63, 3.8) is 0 Å². The summed E-state index contributed by atoms with van der Waals surface area (Å²) < 4.78 is 13.0. The zero-order chi connectivity index (χ0) is 24.6. The number of aromatic nitrogens is 6. The summed E-state index contributed by atoms with van der Waals surface area (Å²) in [4.78, 5) is 22.3. The Balaban J connectivity index is 0.00000141. The largest absolute Gasteiger partial charge is 0.497 e. The van der Waals surface area contributed by atoms with Crippen LogP contribution in [0.15, 0.2) is 73.4 Å². The minimum Gasteiger partial charge on any atom is -0.497 e. The van der Waals surface area contributed by atoms with E-state index in [1.165, 1.54) is 0 Å². The van der Waals surface area contributed by atoms with E-state index >= 15 is 0 Å². The monoisotopic (exact) mass is 469 g/mol. The lowest BCUT2D eigenvalue weighted by molar-refractivity contribution is 0.282. The number of hydrogen-bond acceptors (Lipinski definition) is 8. The van der Waals surface area contributed by atoms with E-state index in [4.69, 9.17) is 14.5 Å². The molecule has 0 aliphatic rings. The Hall–Kier alpha value is -4.53. The first-order valence-electron chi connectivity index (χ1n) is 11.3. The molecule has 0 saturated carbocycles. The number of methoxy groups -OCH3 is 1. The van der Waals surface area contributed by atoms with Crippen LogP contribution < -0.4 is 14.8 Å². The van der Waals surface area contributed by atoms with Gasteiger partial charge in [0.1, 0.15) is 17.9 Å². The number of ether oxygens (including phenoxy) is 2. The Morgan fingerprint density at radius 3 is 2.34 bits per heavy atom. The first-order valence-corrected chi connectivity index (χ1v) is 11.3. The number of nitrogens with zero attached hydrogens (tertiary/aromatic N) is 6. The van der Waals surface area contributed by atoms with Crippen molar-refractivity contribution in [3.8, 4) is 23.1 Å². The molecule has 35 heavy (non-hydrogen) atoms. The summed E-state index contributed by atoms with van der Waals surface area (Å²) in [7, 11) is 3.57. The molecule has 0 radical (unpaired) electrons. The fraction of sp³-hybridized carbons (Fsp3) is 0.192. The SMILES string of the molecule is CC.COc1ccc(COc2nc(Nc3ccncc3)c3nc(-c4cncn4C)ccc3n2)cc1. The molecule has 9 nitrogen and oxygen atoms in total. The molecule has 4 heterocycles. The van der Waals surface area contributed by atoms with Gasteiger partial charge in [-0.1, -0.05) is 26.0 Å². The molecule has 0 unspecified atom stereocenters. The first kappa shape index (κ1) is 23.6. The summed E-state index contributed by atoms with van der Waals surface area (Å²) in [5, 5.41) is 3.32. The van der Waals surface area contributed by atoms with Crippen molar-refractivity contribution in [1.29, 1.82) is 0 Å². The van der Waals surface area contributed by atoms with Crippen LogP contribution in [0, 0.1) is 0 Å². The molecule has 0 fully saturated rings. The number of benzene rings is 1. The fourth-order valence-electron chi connectivity index (χ4n) is 3.33. The van der Waals surface area contributed by atoms with Gasteiger partial charge in [-0.05, 0) is 42.0 Å². The van der Waals surface area contributed by atoms with Crippen molar-refractivity contribution in [3.05, 3.63) is 79.0 Å². The van der Waals surface area contributed by atoms with Crippen molar-refractivity contribution in [2.75, 3.05) is 12.4 Å². The average Bonchev–Trinajstić information content (AvgIpc) is 3.35. The van der Waals surface area contributed by atoms with E-state index in [2.05, 4.69) is 25.3 Å². The second kappa shape index (κ2) is 11.1. The fourth-order valence-corrected chi connectivity index (χ4v) is 3.33. The number of anilines is 2. The van der Waals surface area contributed by atoms with Gasteiger partial charge in [-0.25, -0.2) is 9.97 Å². The lowest BCUT2D eigenvalue weighted by Gasteiger charge is -2.12. The third kappa shape index (κ3) is 5.52. The van der Waals surface area contributed by atoms with Gasteiger partial charge in [-0.3, -0.25) is 4.98 Å². The molecule has 1 N–H and O–H groups in total. The van der Waals surface area contributed by atoms with Gasteiger partial charge in [-0.2, -0.15) is 9.97 Å². The Bertz CT molecular complexity index is 1390. The number of rotatable bonds is 7. The molecule has 0 saturated heterocycles. The maximum absolute atomic E-state index is 5.92. The van der Waals surface area contributed by atoms with Gasteiger partial charge in [0.25, 0.3) is 0 Å². The van der Waals surface area contributed by atoms with Gasteiger partial charge in [0.2, 0.25) is 0 Å². The van der Waals surface area contributed by atoms with E-state index in [0.29, 0.717) is 23.5 Å². The normalized spacial score (nSPS) is 10.4. The Kier molecular flexibility index (Phi) is 7.47. The molecule has 5 aromatic rings. The highest BCUT2D eigenvalue weighted by atomic mass is 16.5. The van der Waals surface area contributed by atoms with Crippen LogP contribution in [0.1, 0.15) is 19.4 Å². The summed E-state index contributed by atoms with van der Waals surface area (Å²) in [5.41, 5.74) is 4.77. The lowest BCUT2D eigenvalue weighted by Crippen LogP contribution is -2.04. The predicted molar refractivity (Wildman–Crippen MR) is 136 cm³/mol. The van der Waals surface area contributed by atoms with E-state index in [1.54, 1.807) is 32.0 Å². The van der Waals surface area contributed by atoms with Gasteiger partial charge in [0, 0.05) is 25.1 Å². The van der Waals surface area contributed by atoms with Crippen molar-refractivity contribution in [1.82, 2.24) is 29.5 Å². The van der Waals surface area contributed by atoms with Crippen LogP contribution in [-0.4, -0.2) is 36.6 Å². The van der Waals surface area contributed by atoms with Crippen LogP contribution in [0.4, 0.5) is 11.5 Å².